The van der Waals surface area contributed by atoms with Crippen LogP contribution in [0.5, 0.6) is 0 Å². The van der Waals surface area contributed by atoms with Gasteiger partial charge in [0.05, 0.1) is 4.90 Å². The van der Waals surface area contributed by atoms with Crippen molar-refractivity contribution in [2.45, 2.75) is 37.6 Å². The molecule has 1 N–H and O–H groups in total. The highest BCUT2D eigenvalue weighted by atomic mass is 32.2. The minimum Gasteiger partial charge on any atom is -0.377 e. The van der Waals surface area contributed by atoms with Crippen LogP contribution >= 0.6 is 0 Å². The number of nitrogens with zero attached hydrogens (tertiary/aromatic N) is 3. The molecule has 1 saturated heterocycles. The molecule has 0 unspecified atom stereocenters. The predicted molar refractivity (Wildman–Crippen MR) is 113 cm³/mol. The Balaban J connectivity index is 1.73. The van der Waals surface area contributed by atoms with E-state index in [4.69, 9.17) is 0 Å². The Hall–Kier alpha value is -2.45. The molecule has 0 bridgehead atoms. The summed E-state index contributed by atoms with van der Waals surface area (Å²) in [5, 5.41) is 2.86. The van der Waals surface area contributed by atoms with Crippen LogP contribution in [-0.4, -0.2) is 45.8 Å². The Labute approximate surface area is 173 Å². The third kappa shape index (κ3) is 5.13. The first-order chi connectivity index (χ1) is 13.8. The fourth-order valence-corrected chi connectivity index (χ4v) is 4.90. The van der Waals surface area contributed by atoms with Gasteiger partial charge in [-0.25, -0.2) is 8.42 Å². The first kappa shape index (κ1) is 21.3. The van der Waals surface area contributed by atoms with Crippen LogP contribution in [0.3, 0.4) is 0 Å². The fraction of sp³-hybridized carbons (Fsp3) is 0.429. The van der Waals surface area contributed by atoms with Crippen molar-refractivity contribution in [3.05, 3.63) is 48.3 Å². The molecule has 1 aromatic carbocycles. The van der Waals surface area contributed by atoms with E-state index in [0.717, 1.165) is 30.5 Å². The second kappa shape index (κ2) is 8.92. The lowest BCUT2D eigenvalue weighted by molar-refractivity contribution is -0.684. The summed E-state index contributed by atoms with van der Waals surface area (Å²) in [5.74, 6) is -0.205. The molecule has 1 aliphatic rings. The van der Waals surface area contributed by atoms with Crippen LogP contribution in [0.25, 0.3) is 0 Å². The number of pyridine rings is 1. The lowest BCUT2D eigenvalue weighted by Crippen LogP contribution is -2.39. The smallest absolute Gasteiger partial charge is 0.290 e. The van der Waals surface area contributed by atoms with Crippen molar-refractivity contribution < 1.29 is 17.8 Å². The molecule has 1 aromatic heterocycles. The van der Waals surface area contributed by atoms with Crippen LogP contribution in [0.4, 0.5) is 11.4 Å². The quantitative estimate of drug-likeness (QED) is 0.731. The molecule has 0 radical (unpaired) electrons. The van der Waals surface area contributed by atoms with E-state index in [1.54, 1.807) is 22.8 Å². The molecule has 0 atom stereocenters. The number of carbonyl (C=O) groups is 1. The third-order valence-corrected chi connectivity index (χ3v) is 7.05. The van der Waals surface area contributed by atoms with Crippen molar-refractivity contribution >= 4 is 27.3 Å². The number of rotatable bonds is 6. The summed E-state index contributed by atoms with van der Waals surface area (Å²) in [5.41, 5.74) is 2.40. The minimum atomic E-state index is -3.54. The van der Waals surface area contributed by atoms with Crippen LogP contribution in [0.2, 0.25) is 0 Å². The van der Waals surface area contributed by atoms with Gasteiger partial charge in [-0.3, -0.25) is 4.79 Å². The second-order valence-corrected chi connectivity index (χ2v) is 9.55. The van der Waals surface area contributed by atoms with Crippen molar-refractivity contribution in [1.29, 1.82) is 0 Å². The highest BCUT2D eigenvalue weighted by Crippen LogP contribution is 2.25. The van der Waals surface area contributed by atoms with Crippen molar-refractivity contribution in [2.24, 2.45) is 0 Å². The maximum Gasteiger partial charge on any atom is 0.290 e. The monoisotopic (exact) mass is 417 g/mol. The number of hydrogen-bond donors (Lipinski definition) is 1. The van der Waals surface area contributed by atoms with Crippen LogP contribution in [0, 0.1) is 6.92 Å². The fourth-order valence-electron chi connectivity index (χ4n) is 3.36. The van der Waals surface area contributed by atoms with Gasteiger partial charge in [0.15, 0.2) is 12.4 Å². The minimum absolute atomic E-state index is 0.149. The number of nitrogens with one attached hydrogen (secondary N) is 1. The van der Waals surface area contributed by atoms with Gasteiger partial charge in [-0.1, -0.05) is 12.5 Å². The van der Waals surface area contributed by atoms with E-state index in [1.165, 1.54) is 4.31 Å². The van der Waals surface area contributed by atoms with Gasteiger partial charge >= 0.3 is 0 Å². The average Bonchev–Trinajstić information content (AvgIpc) is 2.70. The molecule has 1 aliphatic heterocycles. The summed E-state index contributed by atoms with van der Waals surface area (Å²) < 4.78 is 29.2. The average molecular weight is 418 g/mol. The highest BCUT2D eigenvalue weighted by molar-refractivity contribution is 7.89. The molecule has 0 spiro atoms. The molecule has 3 rings (SSSR count). The van der Waals surface area contributed by atoms with E-state index < -0.39 is 10.0 Å². The SMILES string of the molecule is Cc1ccc(S(=O)(=O)N2CCCCC2)cc1NC(=O)C[n+]1ccc(N(C)C)cc1. The van der Waals surface area contributed by atoms with Gasteiger partial charge in [-0.2, -0.15) is 8.87 Å². The number of amides is 1. The normalized spacial score (nSPS) is 15.1. The third-order valence-electron chi connectivity index (χ3n) is 5.15. The first-order valence-corrected chi connectivity index (χ1v) is 11.3. The van der Waals surface area contributed by atoms with E-state index in [9.17, 15) is 13.2 Å². The lowest BCUT2D eigenvalue weighted by Gasteiger charge is -2.26. The van der Waals surface area contributed by atoms with E-state index in [0.29, 0.717) is 18.8 Å². The predicted octanol–water partition coefficient (Wildman–Crippen LogP) is 2.16. The zero-order valence-corrected chi connectivity index (χ0v) is 18.1. The number of aromatic nitrogens is 1. The van der Waals surface area contributed by atoms with Gasteiger partial charge in [0.2, 0.25) is 16.6 Å². The maximum absolute atomic E-state index is 12.9. The van der Waals surface area contributed by atoms with Gasteiger partial charge in [-0.05, 0) is 37.5 Å². The molecular weight excluding hydrogens is 388 g/mol. The van der Waals surface area contributed by atoms with Gasteiger partial charge < -0.3 is 10.2 Å². The molecule has 2 aromatic rings. The molecule has 0 saturated carbocycles. The zero-order valence-electron chi connectivity index (χ0n) is 17.3. The zero-order chi connectivity index (χ0) is 21.0. The molecule has 8 heteroatoms. The van der Waals surface area contributed by atoms with E-state index in [2.05, 4.69) is 5.32 Å². The summed E-state index contributed by atoms with van der Waals surface area (Å²) in [7, 11) is 0.380. The summed E-state index contributed by atoms with van der Waals surface area (Å²) in [6.45, 7) is 3.11. The molecule has 1 fully saturated rings. The van der Waals surface area contributed by atoms with Gasteiger partial charge in [0, 0.05) is 50.7 Å². The Morgan fingerprint density at radius 3 is 2.38 bits per heavy atom. The van der Waals surface area contributed by atoms with Crippen LogP contribution < -0.4 is 14.8 Å². The Kier molecular flexibility index (Phi) is 6.54. The standard InChI is InChI=1S/C21H28N4O3S/c1-17-7-8-19(29(27,28)25-11-5-4-6-12-25)15-20(17)22-21(26)16-24-13-9-18(10-14-24)23(2)3/h7-10,13-15H,4-6,11-12,16H2,1-3H3/p+1. The number of anilines is 2. The van der Waals surface area contributed by atoms with Crippen LogP contribution in [0.15, 0.2) is 47.6 Å². The number of sulfonamides is 1. The van der Waals surface area contributed by atoms with Crippen molar-refractivity contribution in [3.8, 4) is 0 Å². The summed E-state index contributed by atoms with van der Waals surface area (Å²) in [4.78, 5) is 14.7. The van der Waals surface area contributed by atoms with Crippen molar-refractivity contribution in [2.75, 3.05) is 37.4 Å². The van der Waals surface area contributed by atoms with Gasteiger partial charge in [0.1, 0.15) is 0 Å². The van der Waals surface area contributed by atoms with E-state index in [-0.39, 0.29) is 17.3 Å². The second-order valence-electron chi connectivity index (χ2n) is 7.61. The molecule has 1 amide bonds. The van der Waals surface area contributed by atoms with Gasteiger partial charge in [-0.15, -0.1) is 0 Å². The van der Waals surface area contributed by atoms with Crippen LogP contribution in [0.1, 0.15) is 24.8 Å². The number of aryl methyl sites for hydroxylation is 1. The van der Waals surface area contributed by atoms with Crippen molar-refractivity contribution in [1.82, 2.24) is 4.31 Å². The molecule has 29 heavy (non-hydrogen) atoms. The molecule has 2 heterocycles. The van der Waals surface area contributed by atoms with Gasteiger partial charge in [0.25, 0.3) is 5.91 Å². The maximum atomic E-state index is 12.9. The topological polar surface area (TPSA) is 73.6 Å². The first-order valence-electron chi connectivity index (χ1n) is 9.84. The summed E-state index contributed by atoms with van der Waals surface area (Å²) in [6.07, 6.45) is 6.53. The molecular formula is C21H29N4O3S+. The van der Waals surface area contributed by atoms with Crippen molar-refractivity contribution in [3.63, 3.8) is 0 Å². The Morgan fingerprint density at radius 2 is 1.76 bits per heavy atom. The molecule has 7 nitrogen and oxygen atoms in total. The molecule has 0 aliphatic carbocycles. The number of piperidine rings is 1. The number of hydrogen-bond acceptors (Lipinski definition) is 4. The highest BCUT2D eigenvalue weighted by Gasteiger charge is 2.26. The largest absolute Gasteiger partial charge is 0.377 e. The van der Waals surface area contributed by atoms with E-state index >= 15 is 0 Å². The molecule has 156 valence electrons. The van der Waals surface area contributed by atoms with E-state index in [1.807, 2.05) is 50.4 Å². The lowest BCUT2D eigenvalue weighted by atomic mass is 10.2. The summed E-state index contributed by atoms with van der Waals surface area (Å²) in [6, 6.07) is 8.79. The Bertz CT molecular complexity index is 966. The number of benzene rings is 1. The summed E-state index contributed by atoms with van der Waals surface area (Å²) >= 11 is 0. The van der Waals surface area contributed by atoms with Crippen LogP contribution in [-0.2, 0) is 21.4 Å². The Morgan fingerprint density at radius 1 is 1.10 bits per heavy atom. The number of carbonyl (C=O) groups excluding carboxylic acids is 1.